The van der Waals surface area contributed by atoms with E-state index in [1.54, 1.807) is 36.4 Å². The Labute approximate surface area is 212 Å². The molecule has 4 rings (SSSR count). The second kappa shape index (κ2) is 9.79. The van der Waals surface area contributed by atoms with Crippen molar-refractivity contribution in [2.45, 2.75) is 11.8 Å². The minimum atomic E-state index is -4.14. The van der Waals surface area contributed by atoms with Crippen molar-refractivity contribution in [1.29, 1.82) is 0 Å². The molecule has 174 valence electrons. The number of hydrogen-bond donors (Lipinski definition) is 0. The number of methoxy groups -OCH3 is 1. The van der Waals surface area contributed by atoms with Crippen LogP contribution in [0, 0.1) is 6.92 Å². The lowest BCUT2D eigenvalue weighted by Crippen LogP contribution is -2.27. The van der Waals surface area contributed by atoms with Crippen LogP contribution in [-0.4, -0.2) is 25.8 Å². The van der Waals surface area contributed by atoms with Gasteiger partial charge in [0.25, 0.3) is 5.91 Å². The summed E-state index contributed by atoms with van der Waals surface area (Å²) in [5, 5.41) is 0.0137. The number of benzene rings is 3. The van der Waals surface area contributed by atoms with Gasteiger partial charge in [0, 0.05) is 0 Å². The number of rotatable bonds is 6. The minimum Gasteiger partial charge on any atom is -0.493 e. The lowest BCUT2D eigenvalue weighted by Gasteiger charge is -2.14. The Morgan fingerprint density at radius 3 is 2.38 bits per heavy atom. The lowest BCUT2D eigenvalue weighted by atomic mass is 10.1. The Kier molecular flexibility index (Phi) is 6.99. The van der Waals surface area contributed by atoms with Crippen molar-refractivity contribution in [3.05, 3.63) is 87.8 Å². The molecule has 0 aromatic heterocycles. The van der Waals surface area contributed by atoms with E-state index in [0.29, 0.717) is 20.5 Å². The summed E-state index contributed by atoms with van der Waals surface area (Å²) in [5.41, 5.74) is 2.11. The van der Waals surface area contributed by atoms with Gasteiger partial charge in [0.05, 0.1) is 22.7 Å². The van der Waals surface area contributed by atoms with Crippen LogP contribution in [0.5, 0.6) is 11.5 Å². The summed E-state index contributed by atoms with van der Waals surface area (Å²) in [6.45, 7) is 1.85. The van der Waals surface area contributed by atoms with E-state index in [1.165, 1.54) is 30.2 Å². The molecule has 10 heteroatoms. The molecule has 0 N–H and O–H groups in total. The van der Waals surface area contributed by atoms with Crippen LogP contribution in [0.3, 0.4) is 0 Å². The zero-order valence-electron chi connectivity index (χ0n) is 18.0. The fourth-order valence-corrected chi connectivity index (χ4v) is 5.74. The number of carbonyl (C=O) groups excluding carboxylic acids is 1. The van der Waals surface area contributed by atoms with Gasteiger partial charge in [-0.1, -0.05) is 71.5 Å². The number of carbonyl (C=O) groups is 1. The normalized spacial score (nSPS) is 15.1. The van der Waals surface area contributed by atoms with Crippen molar-refractivity contribution in [1.82, 2.24) is 0 Å². The van der Waals surface area contributed by atoms with E-state index >= 15 is 0 Å². The molecule has 1 saturated heterocycles. The Balaban J connectivity index is 1.65. The van der Waals surface area contributed by atoms with E-state index in [4.69, 9.17) is 32.7 Å². The van der Waals surface area contributed by atoms with E-state index in [0.717, 1.165) is 17.3 Å². The summed E-state index contributed by atoms with van der Waals surface area (Å²) in [7, 11) is -2.77. The number of para-hydroxylation sites is 1. The molecule has 1 amide bonds. The van der Waals surface area contributed by atoms with E-state index in [9.17, 15) is 13.2 Å². The standard InChI is InChI=1S/C24H18ClNO5S3/c1-15-8-10-18(11-9-15)34(28,29)31-22-19(25)12-16(13-20(22)30-2)14-21-23(27)26(24(32)33-21)17-6-4-3-5-7-17/h3-14H,1-2H3. The quantitative estimate of drug-likeness (QED) is 0.225. The molecule has 1 aliphatic rings. The van der Waals surface area contributed by atoms with Crippen molar-refractivity contribution < 1.29 is 22.1 Å². The molecule has 3 aromatic carbocycles. The van der Waals surface area contributed by atoms with Crippen LogP contribution in [0.1, 0.15) is 11.1 Å². The molecule has 6 nitrogen and oxygen atoms in total. The molecule has 0 spiro atoms. The number of nitrogens with zero attached hydrogens (tertiary/aromatic N) is 1. The highest BCUT2D eigenvalue weighted by Gasteiger charge is 2.33. The van der Waals surface area contributed by atoms with Gasteiger partial charge in [-0.15, -0.1) is 0 Å². The first-order valence-corrected chi connectivity index (χ1v) is 12.9. The fraction of sp³-hybridized carbons (Fsp3) is 0.0833. The first-order chi connectivity index (χ1) is 16.2. The molecule has 1 fully saturated rings. The van der Waals surface area contributed by atoms with Crippen LogP contribution in [0.4, 0.5) is 5.69 Å². The van der Waals surface area contributed by atoms with Gasteiger partial charge in [-0.25, -0.2) is 0 Å². The first kappa shape index (κ1) is 24.3. The third-order valence-electron chi connectivity index (χ3n) is 4.86. The van der Waals surface area contributed by atoms with Crippen molar-refractivity contribution in [2.75, 3.05) is 12.0 Å². The molecule has 0 bridgehead atoms. The molecular weight excluding hydrogens is 514 g/mol. The summed E-state index contributed by atoms with van der Waals surface area (Å²) in [4.78, 5) is 14.8. The Morgan fingerprint density at radius 2 is 1.74 bits per heavy atom. The maximum atomic E-state index is 13.0. The van der Waals surface area contributed by atoms with Crippen molar-refractivity contribution in [3.8, 4) is 11.5 Å². The smallest absolute Gasteiger partial charge is 0.339 e. The van der Waals surface area contributed by atoms with E-state index < -0.39 is 10.1 Å². The summed E-state index contributed by atoms with van der Waals surface area (Å²) < 4.78 is 36.5. The van der Waals surface area contributed by atoms with Crippen molar-refractivity contribution in [3.63, 3.8) is 0 Å². The van der Waals surface area contributed by atoms with E-state index in [2.05, 4.69) is 0 Å². The highest BCUT2D eigenvalue weighted by Crippen LogP contribution is 2.41. The molecule has 0 radical (unpaired) electrons. The summed E-state index contributed by atoms with van der Waals surface area (Å²) in [6, 6.07) is 18.4. The number of anilines is 1. The maximum absolute atomic E-state index is 13.0. The number of amides is 1. The second-order valence-corrected chi connectivity index (χ2v) is 10.9. The molecule has 0 aliphatic carbocycles. The van der Waals surface area contributed by atoms with Gasteiger partial charge in [-0.05, 0) is 55.0 Å². The van der Waals surface area contributed by atoms with Crippen LogP contribution in [0.15, 0.2) is 76.5 Å². The third kappa shape index (κ3) is 4.97. The number of thiocarbonyl (C=S) groups is 1. The zero-order chi connectivity index (χ0) is 24.5. The van der Waals surface area contributed by atoms with Crippen LogP contribution in [0.25, 0.3) is 6.08 Å². The third-order valence-corrected chi connectivity index (χ3v) is 7.68. The summed E-state index contributed by atoms with van der Waals surface area (Å²) >= 11 is 12.9. The van der Waals surface area contributed by atoms with Gasteiger partial charge < -0.3 is 8.92 Å². The van der Waals surface area contributed by atoms with E-state index in [1.807, 2.05) is 25.1 Å². The van der Waals surface area contributed by atoms with Crippen LogP contribution in [-0.2, 0) is 14.9 Å². The SMILES string of the molecule is COc1cc(C=C2SC(=S)N(c3ccccc3)C2=O)cc(Cl)c1OS(=O)(=O)c1ccc(C)cc1. The molecule has 0 saturated carbocycles. The number of halogens is 1. The van der Waals surface area contributed by atoms with Gasteiger partial charge in [0.15, 0.2) is 10.1 Å². The average Bonchev–Trinajstić information content (AvgIpc) is 3.08. The highest BCUT2D eigenvalue weighted by atomic mass is 35.5. The molecule has 1 heterocycles. The Hall–Kier alpha value is -2.85. The molecule has 3 aromatic rings. The molecule has 0 atom stereocenters. The largest absolute Gasteiger partial charge is 0.493 e. The Morgan fingerprint density at radius 1 is 1.06 bits per heavy atom. The van der Waals surface area contributed by atoms with Crippen LogP contribution >= 0.6 is 35.6 Å². The number of ether oxygens (including phenoxy) is 1. The lowest BCUT2D eigenvalue weighted by molar-refractivity contribution is -0.113. The zero-order valence-corrected chi connectivity index (χ0v) is 21.2. The second-order valence-electron chi connectivity index (χ2n) is 7.24. The topological polar surface area (TPSA) is 72.9 Å². The molecule has 34 heavy (non-hydrogen) atoms. The minimum absolute atomic E-state index is 0.00937. The predicted molar refractivity (Wildman–Crippen MR) is 139 cm³/mol. The fourth-order valence-electron chi connectivity index (χ4n) is 3.19. The van der Waals surface area contributed by atoms with Crippen LogP contribution in [0.2, 0.25) is 5.02 Å². The number of thioether (sulfide) groups is 1. The maximum Gasteiger partial charge on any atom is 0.339 e. The number of hydrogen-bond acceptors (Lipinski definition) is 7. The van der Waals surface area contributed by atoms with Crippen LogP contribution < -0.4 is 13.8 Å². The van der Waals surface area contributed by atoms with Crippen molar-refractivity contribution in [2.24, 2.45) is 0 Å². The number of aryl methyl sites for hydroxylation is 1. The highest BCUT2D eigenvalue weighted by molar-refractivity contribution is 8.27. The van der Waals surface area contributed by atoms with Gasteiger partial charge >= 0.3 is 10.1 Å². The molecular formula is C24H18ClNO5S3. The van der Waals surface area contributed by atoms with Gasteiger partial charge in [0.2, 0.25) is 5.75 Å². The molecule has 0 unspecified atom stereocenters. The Bertz CT molecular complexity index is 1400. The van der Waals surface area contributed by atoms with E-state index in [-0.39, 0.29) is 27.3 Å². The van der Waals surface area contributed by atoms with Gasteiger partial charge in [-0.3, -0.25) is 9.69 Å². The monoisotopic (exact) mass is 531 g/mol. The van der Waals surface area contributed by atoms with Gasteiger partial charge in [0.1, 0.15) is 4.90 Å². The van der Waals surface area contributed by atoms with Gasteiger partial charge in [-0.2, -0.15) is 8.42 Å². The summed E-state index contributed by atoms with van der Waals surface area (Å²) in [6.07, 6.45) is 1.62. The summed E-state index contributed by atoms with van der Waals surface area (Å²) in [5.74, 6) is -0.301. The van der Waals surface area contributed by atoms with Crippen molar-refractivity contribution >= 4 is 67.7 Å². The molecule has 1 aliphatic heterocycles. The first-order valence-electron chi connectivity index (χ1n) is 9.91. The predicted octanol–water partition coefficient (Wildman–Crippen LogP) is 5.83. The average molecular weight is 532 g/mol.